The van der Waals surface area contributed by atoms with E-state index in [0.717, 1.165) is 29.2 Å². The number of aromatic nitrogens is 4. The molecule has 148 valence electrons. The molecule has 0 saturated carbocycles. The Bertz CT molecular complexity index is 1020. The first-order valence-corrected chi connectivity index (χ1v) is 7.37. The van der Waals surface area contributed by atoms with Crippen LogP contribution in [0.1, 0.15) is 22.6 Å². The first-order chi connectivity index (χ1) is 13.2. The molecule has 0 bridgehead atoms. The number of hydrogen-bond acceptors (Lipinski definition) is 3. The predicted octanol–water partition coefficient (Wildman–Crippen LogP) is 3.47. The van der Waals surface area contributed by atoms with Gasteiger partial charge in [0.1, 0.15) is 5.69 Å². The van der Waals surface area contributed by atoms with Crippen molar-refractivity contribution in [2.45, 2.75) is 13.1 Å². The van der Waals surface area contributed by atoms with Gasteiger partial charge in [0.25, 0.3) is 5.91 Å². The first kappa shape index (κ1) is 19.4. The molecule has 1 N–H and O–H groups in total. The van der Waals surface area contributed by atoms with Gasteiger partial charge in [-0.2, -0.15) is 23.7 Å². The highest BCUT2D eigenvalue weighted by Crippen LogP contribution is 2.24. The molecule has 0 spiro atoms. The highest BCUT2D eigenvalue weighted by atomic mass is 19.3. The van der Waals surface area contributed by atoms with Crippen LogP contribution in [-0.2, 0) is 6.54 Å². The maximum Gasteiger partial charge on any atom is 0.333 e. The number of benzene rings is 1. The van der Waals surface area contributed by atoms with Gasteiger partial charge in [-0.1, -0.05) is 0 Å². The minimum absolute atomic E-state index is 0.154. The number of amides is 1. The van der Waals surface area contributed by atoms with Crippen molar-refractivity contribution in [3.8, 4) is 0 Å². The van der Waals surface area contributed by atoms with E-state index in [9.17, 15) is 35.5 Å². The van der Waals surface area contributed by atoms with Crippen LogP contribution in [0, 0.1) is 29.1 Å². The zero-order valence-electron chi connectivity index (χ0n) is 13.4. The summed E-state index contributed by atoms with van der Waals surface area (Å²) in [6, 6.07) is 2.15. The monoisotopic (exact) mass is 407 g/mol. The molecule has 28 heavy (non-hydrogen) atoms. The van der Waals surface area contributed by atoms with E-state index in [1.165, 1.54) is 0 Å². The lowest BCUT2D eigenvalue weighted by Gasteiger charge is -2.08. The molecule has 3 rings (SSSR count). The molecular formula is C15H8F7N5O. The van der Waals surface area contributed by atoms with Gasteiger partial charge < -0.3 is 5.32 Å². The van der Waals surface area contributed by atoms with Crippen LogP contribution in [0.15, 0.2) is 24.5 Å². The van der Waals surface area contributed by atoms with Gasteiger partial charge >= 0.3 is 6.55 Å². The summed E-state index contributed by atoms with van der Waals surface area (Å²) in [6.07, 6.45) is 2.06. The highest BCUT2D eigenvalue weighted by molar-refractivity contribution is 6.02. The minimum atomic E-state index is -3.07. The standard InChI is InChI=1S/C15H8F7N5O/c16-9-6(10(17)12(19)13(20)11(9)18)5-26-4-2-8(25-26)24-14(28)7-1-3-23-27(7)15(21)22/h1-4,15H,5H2,(H,24,25,28). The largest absolute Gasteiger partial charge is 0.333 e. The van der Waals surface area contributed by atoms with Crippen LogP contribution >= 0.6 is 0 Å². The Morgan fingerprint density at radius 1 is 1.00 bits per heavy atom. The zero-order chi connectivity index (χ0) is 20.6. The molecule has 0 aliphatic heterocycles. The number of nitrogens with zero attached hydrogens (tertiary/aromatic N) is 4. The van der Waals surface area contributed by atoms with Crippen molar-refractivity contribution in [2.75, 3.05) is 5.32 Å². The van der Waals surface area contributed by atoms with E-state index in [4.69, 9.17) is 0 Å². The Morgan fingerprint density at radius 3 is 2.21 bits per heavy atom. The van der Waals surface area contributed by atoms with Crippen LogP contribution in [0.3, 0.4) is 0 Å². The third-order valence-electron chi connectivity index (χ3n) is 3.59. The normalized spacial score (nSPS) is 11.3. The second kappa shape index (κ2) is 7.32. The average molecular weight is 407 g/mol. The Balaban J connectivity index is 1.80. The number of rotatable bonds is 5. The molecule has 0 saturated heterocycles. The Hall–Kier alpha value is -3.38. The summed E-state index contributed by atoms with van der Waals surface area (Å²) >= 11 is 0. The minimum Gasteiger partial charge on any atom is -0.304 e. The highest BCUT2D eigenvalue weighted by Gasteiger charge is 2.26. The van der Waals surface area contributed by atoms with Gasteiger partial charge in [-0.25, -0.2) is 22.0 Å². The van der Waals surface area contributed by atoms with Crippen molar-refractivity contribution in [1.82, 2.24) is 19.6 Å². The summed E-state index contributed by atoms with van der Waals surface area (Å²) in [7, 11) is 0. The molecule has 0 fully saturated rings. The summed E-state index contributed by atoms with van der Waals surface area (Å²) in [5.41, 5.74) is -1.61. The van der Waals surface area contributed by atoms with Crippen molar-refractivity contribution < 1.29 is 35.5 Å². The van der Waals surface area contributed by atoms with Gasteiger partial charge in [0.2, 0.25) is 5.82 Å². The number of carbonyl (C=O) groups excluding carboxylic acids is 1. The van der Waals surface area contributed by atoms with E-state index in [-0.39, 0.29) is 10.5 Å². The number of nitrogens with one attached hydrogen (secondary N) is 1. The number of hydrogen-bond donors (Lipinski definition) is 1. The number of anilines is 1. The molecular weight excluding hydrogens is 399 g/mol. The van der Waals surface area contributed by atoms with E-state index >= 15 is 0 Å². The van der Waals surface area contributed by atoms with E-state index in [0.29, 0.717) is 0 Å². The second-order valence-electron chi connectivity index (χ2n) is 5.34. The molecule has 2 heterocycles. The van der Waals surface area contributed by atoms with Crippen LogP contribution < -0.4 is 5.32 Å². The lowest BCUT2D eigenvalue weighted by Crippen LogP contribution is -2.19. The topological polar surface area (TPSA) is 64.7 Å². The number of carbonyl (C=O) groups is 1. The number of halogens is 7. The maximum absolute atomic E-state index is 13.7. The van der Waals surface area contributed by atoms with Crippen molar-refractivity contribution in [2.24, 2.45) is 0 Å². The summed E-state index contributed by atoms with van der Waals surface area (Å²) < 4.78 is 93.3. The molecule has 6 nitrogen and oxygen atoms in total. The van der Waals surface area contributed by atoms with Crippen LogP contribution in [-0.4, -0.2) is 25.5 Å². The summed E-state index contributed by atoms with van der Waals surface area (Å²) in [5, 5.41) is 9.11. The fourth-order valence-electron chi connectivity index (χ4n) is 2.30. The van der Waals surface area contributed by atoms with Crippen molar-refractivity contribution in [3.63, 3.8) is 0 Å². The fourth-order valence-corrected chi connectivity index (χ4v) is 2.30. The van der Waals surface area contributed by atoms with Crippen LogP contribution in [0.5, 0.6) is 0 Å². The quantitative estimate of drug-likeness (QED) is 0.400. The van der Waals surface area contributed by atoms with E-state index < -0.39 is 59.3 Å². The van der Waals surface area contributed by atoms with Gasteiger partial charge in [-0.3, -0.25) is 9.48 Å². The van der Waals surface area contributed by atoms with Gasteiger partial charge in [0, 0.05) is 18.5 Å². The van der Waals surface area contributed by atoms with Gasteiger partial charge in [-0.05, 0) is 6.07 Å². The molecule has 1 aromatic carbocycles. The lowest BCUT2D eigenvalue weighted by atomic mass is 10.1. The van der Waals surface area contributed by atoms with Gasteiger partial charge in [0.15, 0.2) is 29.1 Å². The van der Waals surface area contributed by atoms with Gasteiger partial charge in [0.05, 0.1) is 12.1 Å². The zero-order valence-corrected chi connectivity index (χ0v) is 13.4. The van der Waals surface area contributed by atoms with Crippen LogP contribution in [0.4, 0.5) is 36.6 Å². The molecule has 13 heteroatoms. The number of alkyl halides is 2. The lowest BCUT2D eigenvalue weighted by molar-refractivity contribution is 0.0520. The third-order valence-corrected chi connectivity index (χ3v) is 3.59. The molecule has 3 aromatic rings. The molecule has 2 aromatic heterocycles. The van der Waals surface area contributed by atoms with Crippen LogP contribution in [0.25, 0.3) is 0 Å². The molecule has 0 aliphatic carbocycles. The van der Waals surface area contributed by atoms with Crippen LogP contribution in [0.2, 0.25) is 0 Å². The van der Waals surface area contributed by atoms with E-state index in [2.05, 4.69) is 15.5 Å². The van der Waals surface area contributed by atoms with Crippen molar-refractivity contribution in [3.05, 3.63) is 64.9 Å². The Labute approximate surface area is 151 Å². The molecule has 0 atom stereocenters. The summed E-state index contributed by atoms with van der Waals surface area (Å²) in [5.74, 6) is -11.7. The second-order valence-corrected chi connectivity index (χ2v) is 5.34. The van der Waals surface area contributed by atoms with Gasteiger partial charge in [-0.15, -0.1) is 0 Å². The Kier molecular flexibility index (Phi) is 5.07. The van der Waals surface area contributed by atoms with Crippen molar-refractivity contribution >= 4 is 11.7 Å². The predicted molar refractivity (Wildman–Crippen MR) is 79.0 cm³/mol. The average Bonchev–Trinajstić information content (AvgIpc) is 3.31. The third kappa shape index (κ3) is 3.42. The maximum atomic E-state index is 13.7. The molecule has 0 unspecified atom stereocenters. The molecule has 0 aliphatic rings. The van der Waals surface area contributed by atoms with E-state index in [1.807, 2.05) is 0 Å². The van der Waals surface area contributed by atoms with Crippen molar-refractivity contribution in [1.29, 1.82) is 0 Å². The Morgan fingerprint density at radius 2 is 1.61 bits per heavy atom. The molecule has 0 radical (unpaired) electrons. The summed E-state index contributed by atoms with van der Waals surface area (Å²) in [4.78, 5) is 12.0. The van der Waals surface area contributed by atoms with E-state index in [1.54, 1.807) is 0 Å². The summed E-state index contributed by atoms with van der Waals surface area (Å²) in [6.45, 7) is -3.90. The SMILES string of the molecule is O=C(Nc1ccn(Cc2c(F)c(F)c(F)c(F)c2F)n1)c1ccnn1C(F)F. The fraction of sp³-hybridized carbons (Fsp3) is 0.133. The smallest absolute Gasteiger partial charge is 0.304 e. The molecule has 1 amide bonds. The first-order valence-electron chi connectivity index (χ1n) is 7.37.